The van der Waals surface area contributed by atoms with Gasteiger partial charge in [-0.15, -0.1) is 5.10 Å². The Morgan fingerprint density at radius 2 is 1.96 bits per heavy atom. The van der Waals surface area contributed by atoms with Crippen molar-refractivity contribution in [2.24, 2.45) is 12.1 Å². The Labute approximate surface area is 162 Å². The predicted molar refractivity (Wildman–Crippen MR) is 108 cm³/mol. The van der Waals surface area contributed by atoms with Crippen molar-refractivity contribution in [3.63, 3.8) is 0 Å². The second kappa shape index (κ2) is 6.93. The molecule has 0 aliphatic heterocycles. The molecule has 2 aromatic carbocycles. The molecule has 4 rings (SSSR count). The van der Waals surface area contributed by atoms with E-state index in [0.717, 1.165) is 10.2 Å². The lowest BCUT2D eigenvalue weighted by Crippen LogP contribution is -2.36. The maximum absolute atomic E-state index is 12.5. The van der Waals surface area contributed by atoms with Gasteiger partial charge in [0.25, 0.3) is 5.91 Å². The van der Waals surface area contributed by atoms with Crippen LogP contribution in [0.25, 0.3) is 21.3 Å². The third-order valence-corrected chi connectivity index (χ3v) is 5.63. The number of hydrogen-bond donors (Lipinski definition) is 2. The fourth-order valence-electron chi connectivity index (χ4n) is 3.09. The summed E-state index contributed by atoms with van der Waals surface area (Å²) in [7, 11) is 1.88. The molecule has 4 aromatic rings. The Morgan fingerprint density at radius 1 is 1.18 bits per heavy atom. The van der Waals surface area contributed by atoms with Gasteiger partial charge in [-0.1, -0.05) is 23.5 Å². The minimum Gasteiger partial charge on any atom is -0.318 e. The van der Waals surface area contributed by atoms with E-state index >= 15 is 0 Å². The smallest absolute Gasteiger partial charge is 0.316 e. The molecule has 0 saturated heterocycles. The number of benzene rings is 2. The second-order valence-corrected chi connectivity index (χ2v) is 7.21. The molecule has 2 N–H and O–H groups in total. The summed E-state index contributed by atoms with van der Waals surface area (Å²) >= 11 is 1.47. The van der Waals surface area contributed by atoms with Crippen LogP contribution >= 0.6 is 11.3 Å². The number of fused-ring (bicyclic) bond motifs is 2. The summed E-state index contributed by atoms with van der Waals surface area (Å²) in [6.45, 7) is 2.15. The van der Waals surface area contributed by atoms with Crippen LogP contribution in [0.2, 0.25) is 0 Å². The molecule has 28 heavy (non-hydrogen) atoms. The average Bonchev–Trinajstić information content (AvgIpc) is 3.03. The van der Waals surface area contributed by atoms with Crippen LogP contribution in [-0.2, 0) is 13.6 Å². The molecule has 0 atom stereocenters. The molecular weight excluding hydrogens is 378 g/mol. The number of H-pyrrole nitrogens is 1. The zero-order valence-electron chi connectivity index (χ0n) is 15.2. The van der Waals surface area contributed by atoms with E-state index in [-0.39, 0.29) is 0 Å². The molecule has 0 aliphatic rings. The van der Waals surface area contributed by atoms with Gasteiger partial charge in [-0.2, -0.15) is 0 Å². The van der Waals surface area contributed by atoms with E-state index in [9.17, 15) is 14.4 Å². The fraction of sp³-hybridized carbons (Fsp3) is 0.158. The van der Waals surface area contributed by atoms with Crippen LogP contribution in [0, 0.1) is 0 Å². The largest absolute Gasteiger partial charge is 0.318 e. The van der Waals surface area contributed by atoms with Gasteiger partial charge >= 0.3 is 11.1 Å². The first-order valence-corrected chi connectivity index (χ1v) is 9.46. The van der Waals surface area contributed by atoms with E-state index in [0.29, 0.717) is 27.9 Å². The van der Waals surface area contributed by atoms with Crippen molar-refractivity contribution in [2.75, 3.05) is 0 Å². The van der Waals surface area contributed by atoms with Crippen molar-refractivity contribution in [3.8, 4) is 0 Å². The van der Waals surface area contributed by atoms with E-state index in [1.807, 2.05) is 35.9 Å². The summed E-state index contributed by atoms with van der Waals surface area (Å²) < 4.78 is 4.34. The van der Waals surface area contributed by atoms with Gasteiger partial charge in [0, 0.05) is 19.2 Å². The molecule has 8 nitrogen and oxygen atoms in total. The SMILES string of the molecule is CCn1c(=O)c(=O)[nH]c2cc(C(=O)NN=c3sc4ccccc4n3C)ccc21. The quantitative estimate of drug-likeness (QED) is 0.406. The van der Waals surface area contributed by atoms with Crippen molar-refractivity contribution in [3.05, 3.63) is 73.5 Å². The summed E-state index contributed by atoms with van der Waals surface area (Å²) in [5.74, 6) is -0.408. The fourth-order valence-corrected chi connectivity index (χ4v) is 4.07. The molecule has 0 fully saturated rings. The van der Waals surface area contributed by atoms with Crippen LogP contribution in [0.5, 0.6) is 0 Å². The molecule has 0 aliphatic carbocycles. The Balaban J connectivity index is 1.71. The number of aromatic amines is 1. The van der Waals surface area contributed by atoms with Gasteiger partial charge in [-0.25, -0.2) is 5.43 Å². The number of nitrogens with one attached hydrogen (secondary N) is 2. The highest BCUT2D eigenvalue weighted by Crippen LogP contribution is 2.15. The average molecular weight is 395 g/mol. The highest BCUT2D eigenvalue weighted by atomic mass is 32.1. The zero-order chi connectivity index (χ0) is 19.8. The number of hydrogen-bond acceptors (Lipinski definition) is 5. The summed E-state index contributed by atoms with van der Waals surface area (Å²) in [4.78, 5) is 39.4. The number of amides is 1. The topological polar surface area (TPSA) is 101 Å². The van der Waals surface area contributed by atoms with Crippen molar-refractivity contribution >= 4 is 38.5 Å². The van der Waals surface area contributed by atoms with Gasteiger partial charge in [0.05, 0.1) is 21.3 Å². The lowest BCUT2D eigenvalue weighted by Gasteiger charge is -2.08. The molecule has 0 radical (unpaired) electrons. The van der Waals surface area contributed by atoms with Crippen LogP contribution < -0.4 is 21.3 Å². The van der Waals surface area contributed by atoms with Gasteiger partial charge in [0.1, 0.15) is 0 Å². The molecule has 9 heteroatoms. The van der Waals surface area contributed by atoms with Crippen molar-refractivity contribution in [2.45, 2.75) is 13.5 Å². The summed E-state index contributed by atoms with van der Waals surface area (Å²) in [5, 5.41) is 4.22. The molecule has 2 aromatic heterocycles. The monoisotopic (exact) mass is 395 g/mol. The van der Waals surface area contributed by atoms with Crippen molar-refractivity contribution < 1.29 is 4.79 Å². The molecule has 1 amide bonds. The molecule has 2 heterocycles. The Morgan fingerprint density at radius 3 is 2.71 bits per heavy atom. The van der Waals surface area contributed by atoms with E-state index < -0.39 is 17.0 Å². The maximum atomic E-state index is 12.5. The van der Waals surface area contributed by atoms with E-state index in [4.69, 9.17) is 0 Å². The number of aromatic nitrogens is 3. The number of rotatable bonds is 3. The maximum Gasteiger partial charge on any atom is 0.316 e. The van der Waals surface area contributed by atoms with Crippen LogP contribution in [0.15, 0.2) is 57.2 Å². The van der Waals surface area contributed by atoms with Crippen molar-refractivity contribution in [1.82, 2.24) is 19.5 Å². The van der Waals surface area contributed by atoms with E-state index in [1.54, 1.807) is 19.1 Å². The van der Waals surface area contributed by atoms with Crippen LogP contribution in [0.3, 0.4) is 0 Å². The third kappa shape index (κ3) is 2.95. The van der Waals surface area contributed by atoms with Crippen LogP contribution in [-0.4, -0.2) is 20.0 Å². The van der Waals surface area contributed by atoms with E-state index in [2.05, 4.69) is 15.5 Å². The highest BCUT2D eigenvalue weighted by molar-refractivity contribution is 7.16. The van der Waals surface area contributed by atoms with Gasteiger partial charge in [0.15, 0.2) is 0 Å². The lowest BCUT2D eigenvalue weighted by molar-refractivity contribution is 0.0953. The Hall–Kier alpha value is -3.46. The van der Waals surface area contributed by atoms with Gasteiger partial charge in [-0.05, 0) is 37.3 Å². The molecule has 0 unspecified atom stereocenters. The number of para-hydroxylation sites is 1. The molecular formula is C19H17N5O3S. The minimum absolute atomic E-state index is 0.331. The van der Waals surface area contributed by atoms with Gasteiger partial charge in [-0.3, -0.25) is 14.4 Å². The number of nitrogens with zero attached hydrogens (tertiary/aromatic N) is 3. The number of carbonyl (C=O) groups excluding carboxylic acids is 1. The van der Waals surface area contributed by atoms with Gasteiger partial charge < -0.3 is 14.1 Å². The van der Waals surface area contributed by atoms with Gasteiger partial charge in [0.2, 0.25) is 4.80 Å². The molecule has 0 spiro atoms. The molecule has 0 bridgehead atoms. The predicted octanol–water partition coefficient (Wildman–Crippen LogP) is 1.51. The molecule has 142 valence electrons. The standard InChI is InChI=1S/C19H17N5O3S/c1-3-24-13-9-8-11(10-12(13)20-17(26)18(24)27)16(25)21-22-19-23(2)14-6-4-5-7-15(14)28-19/h4-10H,3H2,1-2H3,(H,20,26)(H,21,25). The van der Waals surface area contributed by atoms with Crippen LogP contribution in [0.4, 0.5) is 0 Å². The summed E-state index contributed by atoms with van der Waals surface area (Å²) in [5.41, 5.74) is 3.57. The normalized spacial score (nSPS) is 12.0. The summed E-state index contributed by atoms with van der Waals surface area (Å²) in [6, 6.07) is 12.7. The third-order valence-electron chi connectivity index (χ3n) is 4.52. The lowest BCUT2D eigenvalue weighted by atomic mass is 10.2. The minimum atomic E-state index is -0.714. The van der Waals surface area contributed by atoms with Crippen molar-refractivity contribution in [1.29, 1.82) is 0 Å². The second-order valence-electron chi connectivity index (χ2n) is 6.20. The molecule has 0 saturated carbocycles. The Bertz CT molecular complexity index is 1410. The first-order valence-electron chi connectivity index (χ1n) is 8.65. The number of aryl methyl sites for hydroxylation is 2. The zero-order valence-corrected chi connectivity index (χ0v) is 16.0. The Kier molecular flexibility index (Phi) is 4.44. The van der Waals surface area contributed by atoms with Crippen LogP contribution in [0.1, 0.15) is 17.3 Å². The summed E-state index contributed by atoms with van der Waals surface area (Å²) in [6.07, 6.45) is 0. The highest BCUT2D eigenvalue weighted by Gasteiger charge is 2.11. The first kappa shape index (κ1) is 17.9. The first-order chi connectivity index (χ1) is 13.5. The van der Waals surface area contributed by atoms with E-state index in [1.165, 1.54) is 22.0 Å². The number of thiazole rings is 1. The number of carbonyl (C=O) groups is 1.